The number of hydrogen-bond donors (Lipinski definition) is 4. The number of aliphatic hydroxyl groups is 4. The van der Waals surface area contributed by atoms with Crippen LogP contribution in [0.15, 0.2) is 53.4 Å². The van der Waals surface area contributed by atoms with Gasteiger partial charge in [0.05, 0.1) is 6.61 Å². The smallest absolute Gasteiger partial charge is 0.136 e. The second-order valence-electron chi connectivity index (χ2n) is 7.53. The van der Waals surface area contributed by atoms with Crippen molar-refractivity contribution in [2.24, 2.45) is 0 Å². The number of aliphatic hydroxyl groups excluding tert-OH is 4. The number of benzene rings is 2. The molecule has 2 aromatic rings. The monoisotopic (exact) mass is 402 g/mol. The van der Waals surface area contributed by atoms with Crippen molar-refractivity contribution in [3.8, 4) is 0 Å². The van der Waals surface area contributed by atoms with Gasteiger partial charge in [-0.05, 0) is 48.1 Å². The van der Waals surface area contributed by atoms with E-state index in [1.54, 1.807) is 0 Å². The summed E-state index contributed by atoms with van der Waals surface area (Å²) in [4.78, 5) is 0.921. The summed E-state index contributed by atoms with van der Waals surface area (Å²) < 4.78 is 5.63. The molecule has 0 amide bonds. The first kappa shape index (κ1) is 19.9. The van der Waals surface area contributed by atoms with Crippen LogP contribution in [-0.2, 0) is 11.2 Å². The molecule has 150 valence electrons. The van der Waals surface area contributed by atoms with Crippen LogP contribution < -0.4 is 0 Å². The van der Waals surface area contributed by atoms with Crippen LogP contribution in [0.2, 0.25) is 0 Å². The molecule has 0 spiro atoms. The number of thioether (sulfide) groups is 1. The SMILES string of the molecule is OCC1O[C@@H](Sc2cccc(C3CCCc4ccccc43)c2)[C@@H](O)C(O)[C@@H]1O. The summed E-state index contributed by atoms with van der Waals surface area (Å²) >= 11 is 1.30. The number of rotatable bonds is 4. The largest absolute Gasteiger partial charge is 0.394 e. The molecule has 1 aliphatic heterocycles. The first-order valence-electron chi connectivity index (χ1n) is 9.73. The Morgan fingerprint density at radius 3 is 2.61 bits per heavy atom. The highest BCUT2D eigenvalue weighted by Crippen LogP contribution is 2.39. The Labute approximate surface area is 169 Å². The lowest BCUT2D eigenvalue weighted by atomic mass is 9.79. The third-order valence-electron chi connectivity index (χ3n) is 5.73. The van der Waals surface area contributed by atoms with E-state index in [0.717, 1.165) is 24.2 Å². The molecule has 4 rings (SSSR count). The van der Waals surface area contributed by atoms with E-state index in [4.69, 9.17) is 4.74 Å². The molecule has 0 radical (unpaired) electrons. The highest BCUT2D eigenvalue weighted by atomic mass is 32.2. The maximum absolute atomic E-state index is 10.3. The van der Waals surface area contributed by atoms with E-state index in [2.05, 4.69) is 36.4 Å². The summed E-state index contributed by atoms with van der Waals surface area (Å²) in [6.45, 7) is -0.416. The lowest BCUT2D eigenvalue weighted by molar-refractivity contribution is -0.205. The Bertz CT molecular complexity index is 811. The molecule has 3 unspecified atom stereocenters. The Balaban J connectivity index is 1.55. The summed E-state index contributed by atoms with van der Waals surface area (Å²) in [6.07, 6.45) is -1.42. The molecule has 6 heteroatoms. The Morgan fingerprint density at radius 2 is 1.79 bits per heavy atom. The normalized spacial score (nSPS) is 32.7. The van der Waals surface area contributed by atoms with Crippen molar-refractivity contribution in [2.45, 2.75) is 59.9 Å². The minimum absolute atomic E-state index is 0.348. The molecular weight excluding hydrogens is 376 g/mol. The van der Waals surface area contributed by atoms with E-state index in [1.165, 1.54) is 28.5 Å². The second-order valence-corrected chi connectivity index (χ2v) is 8.70. The van der Waals surface area contributed by atoms with Gasteiger partial charge in [-0.15, -0.1) is 0 Å². The molecule has 0 saturated carbocycles. The topological polar surface area (TPSA) is 90.2 Å². The fourth-order valence-corrected chi connectivity index (χ4v) is 5.33. The van der Waals surface area contributed by atoms with Gasteiger partial charge >= 0.3 is 0 Å². The van der Waals surface area contributed by atoms with Gasteiger partial charge in [0.2, 0.25) is 0 Å². The predicted molar refractivity (Wildman–Crippen MR) is 107 cm³/mol. The van der Waals surface area contributed by atoms with Gasteiger partial charge in [-0.1, -0.05) is 48.2 Å². The summed E-state index contributed by atoms with van der Waals surface area (Å²) in [5.74, 6) is 0.348. The zero-order chi connectivity index (χ0) is 19.7. The van der Waals surface area contributed by atoms with Crippen molar-refractivity contribution < 1.29 is 25.2 Å². The highest BCUT2D eigenvalue weighted by molar-refractivity contribution is 7.99. The molecule has 0 bridgehead atoms. The fourth-order valence-electron chi connectivity index (χ4n) is 4.20. The lowest BCUT2D eigenvalue weighted by Crippen LogP contribution is -2.57. The molecule has 0 aromatic heterocycles. The number of fused-ring (bicyclic) bond motifs is 1. The van der Waals surface area contributed by atoms with Crippen LogP contribution in [0.25, 0.3) is 0 Å². The summed E-state index contributed by atoms with van der Waals surface area (Å²) in [5.41, 5.74) is 3.25. The molecular formula is C22H26O5S. The van der Waals surface area contributed by atoms with Crippen molar-refractivity contribution in [3.05, 3.63) is 65.2 Å². The molecule has 1 aliphatic carbocycles. The van der Waals surface area contributed by atoms with Gasteiger partial charge in [-0.2, -0.15) is 0 Å². The van der Waals surface area contributed by atoms with Gasteiger partial charge in [-0.3, -0.25) is 0 Å². The fraction of sp³-hybridized carbons (Fsp3) is 0.455. The Morgan fingerprint density at radius 1 is 0.964 bits per heavy atom. The van der Waals surface area contributed by atoms with Crippen molar-refractivity contribution in [1.29, 1.82) is 0 Å². The lowest BCUT2D eigenvalue weighted by Gasteiger charge is -2.39. The Kier molecular flexibility index (Phi) is 6.06. The third-order valence-corrected chi connectivity index (χ3v) is 6.88. The van der Waals surface area contributed by atoms with Gasteiger partial charge in [0, 0.05) is 10.8 Å². The molecule has 6 atom stereocenters. The first-order chi connectivity index (χ1) is 13.6. The molecule has 28 heavy (non-hydrogen) atoms. The minimum Gasteiger partial charge on any atom is -0.394 e. The first-order valence-corrected chi connectivity index (χ1v) is 10.6. The molecule has 1 saturated heterocycles. The highest BCUT2D eigenvalue weighted by Gasteiger charge is 2.43. The number of aryl methyl sites for hydroxylation is 1. The van der Waals surface area contributed by atoms with Crippen LogP contribution in [0.5, 0.6) is 0 Å². The van der Waals surface area contributed by atoms with Gasteiger partial charge in [0.1, 0.15) is 29.9 Å². The van der Waals surface area contributed by atoms with Crippen molar-refractivity contribution >= 4 is 11.8 Å². The third kappa shape index (κ3) is 3.85. The van der Waals surface area contributed by atoms with Crippen LogP contribution in [-0.4, -0.2) is 56.9 Å². The van der Waals surface area contributed by atoms with Gasteiger partial charge in [0.25, 0.3) is 0 Å². The minimum atomic E-state index is -1.35. The van der Waals surface area contributed by atoms with E-state index in [-0.39, 0.29) is 0 Å². The zero-order valence-electron chi connectivity index (χ0n) is 15.5. The van der Waals surface area contributed by atoms with Crippen LogP contribution in [0, 0.1) is 0 Å². The van der Waals surface area contributed by atoms with Crippen LogP contribution in [0.1, 0.15) is 35.4 Å². The summed E-state index contributed by atoms with van der Waals surface area (Å²) in [5, 5.41) is 39.6. The van der Waals surface area contributed by atoms with E-state index >= 15 is 0 Å². The Hall–Kier alpha value is -1.41. The van der Waals surface area contributed by atoms with Crippen LogP contribution in [0.3, 0.4) is 0 Å². The van der Waals surface area contributed by atoms with E-state index < -0.39 is 36.5 Å². The van der Waals surface area contributed by atoms with Gasteiger partial charge in [-0.25, -0.2) is 0 Å². The van der Waals surface area contributed by atoms with Gasteiger partial charge < -0.3 is 25.2 Å². The average molecular weight is 403 g/mol. The van der Waals surface area contributed by atoms with E-state index in [9.17, 15) is 20.4 Å². The molecule has 2 aromatic carbocycles. The summed E-state index contributed by atoms with van der Waals surface area (Å²) in [6, 6.07) is 16.8. The number of hydrogen-bond acceptors (Lipinski definition) is 6. The van der Waals surface area contributed by atoms with Gasteiger partial charge in [0.15, 0.2) is 0 Å². The number of ether oxygens (including phenoxy) is 1. The van der Waals surface area contributed by atoms with Crippen molar-refractivity contribution in [3.63, 3.8) is 0 Å². The zero-order valence-corrected chi connectivity index (χ0v) is 16.3. The maximum atomic E-state index is 10.3. The molecule has 1 heterocycles. The second kappa shape index (κ2) is 8.53. The molecule has 1 fully saturated rings. The van der Waals surface area contributed by atoms with Crippen molar-refractivity contribution in [1.82, 2.24) is 0 Å². The summed E-state index contributed by atoms with van der Waals surface area (Å²) in [7, 11) is 0. The average Bonchev–Trinajstić information content (AvgIpc) is 2.74. The molecule has 5 nitrogen and oxygen atoms in total. The van der Waals surface area contributed by atoms with E-state index in [1.807, 2.05) is 12.1 Å². The van der Waals surface area contributed by atoms with E-state index in [0.29, 0.717) is 5.92 Å². The van der Waals surface area contributed by atoms with Crippen LogP contribution >= 0.6 is 11.8 Å². The van der Waals surface area contributed by atoms with Crippen molar-refractivity contribution in [2.75, 3.05) is 6.61 Å². The molecule has 2 aliphatic rings. The maximum Gasteiger partial charge on any atom is 0.136 e. The quantitative estimate of drug-likeness (QED) is 0.626. The standard InChI is InChI=1S/C22H26O5S/c23-12-18-19(24)20(25)21(26)22(27-18)28-15-8-3-7-14(11-15)17-10-4-6-13-5-1-2-9-16(13)17/h1-3,5,7-9,11,17-26H,4,6,10,12H2/t17?,18?,19-,20?,21+,22+/m1/s1. The molecule has 4 N–H and O–H groups in total. The van der Waals surface area contributed by atoms with Crippen LogP contribution in [0.4, 0.5) is 0 Å². The predicted octanol–water partition coefficient (Wildman–Crippen LogP) is 2.05.